The van der Waals surface area contributed by atoms with Crippen LogP contribution in [0.4, 0.5) is 5.82 Å². The number of hydrogen-bond donors (Lipinski definition) is 1. The molecule has 1 aromatic heterocycles. The van der Waals surface area contributed by atoms with Crippen molar-refractivity contribution >= 4 is 17.6 Å². The summed E-state index contributed by atoms with van der Waals surface area (Å²) in [5.74, 6) is 5.15. The molecule has 0 unspecified atom stereocenters. The fraction of sp³-hybridized carbons (Fsp3) is 0.733. The van der Waals surface area contributed by atoms with Crippen LogP contribution in [0.25, 0.3) is 0 Å². The molecule has 0 aliphatic rings. The SMILES string of the molecule is CCCNc1cc(C(C)C)nc(CSCC(C)C)n1. The predicted octanol–water partition coefficient (Wildman–Crippen LogP) is 4.31. The van der Waals surface area contributed by atoms with E-state index < -0.39 is 0 Å². The number of nitrogens with zero attached hydrogens (tertiary/aromatic N) is 2. The van der Waals surface area contributed by atoms with E-state index in [1.807, 2.05) is 11.8 Å². The molecule has 0 saturated carbocycles. The lowest BCUT2D eigenvalue weighted by atomic mass is 10.1. The maximum atomic E-state index is 4.67. The molecule has 3 nitrogen and oxygen atoms in total. The summed E-state index contributed by atoms with van der Waals surface area (Å²) in [6, 6.07) is 2.08. The minimum atomic E-state index is 0.444. The minimum Gasteiger partial charge on any atom is -0.370 e. The maximum absolute atomic E-state index is 4.67. The Bertz CT molecular complexity index is 378. The van der Waals surface area contributed by atoms with Crippen molar-refractivity contribution in [3.05, 3.63) is 17.6 Å². The van der Waals surface area contributed by atoms with Crippen LogP contribution in [-0.4, -0.2) is 22.3 Å². The molecule has 1 heterocycles. The molecule has 0 amide bonds. The first kappa shape index (κ1) is 16.3. The van der Waals surface area contributed by atoms with Crippen LogP contribution < -0.4 is 5.32 Å². The molecule has 0 fully saturated rings. The molecule has 0 spiro atoms. The van der Waals surface area contributed by atoms with E-state index in [2.05, 4.69) is 56.0 Å². The van der Waals surface area contributed by atoms with E-state index in [1.165, 1.54) is 0 Å². The number of rotatable bonds is 8. The van der Waals surface area contributed by atoms with Gasteiger partial charge in [0.1, 0.15) is 11.6 Å². The Labute approximate surface area is 122 Å². The van der Waals surface area contributed by atoms with E-state index in [-0.39, 0.29) is 0 Å². The summed E-state index contributed by atoms with van der Waals surface area (Å²) in [4.78, 5) is 9.27. The Hall–Kier alpha value is -0.770. The highest BCUT2D eigenvalue weighted by molar-refractivity contribution is 7.98. The van der Waals surface area contributed by atoms with Crippen molar-refractivity contribution in [3.63, 3.8) is 0 Å². The maximum Gasteiger partial charge on any atom is 0.140 e. The van der Waals surface area contributed by atoms with E-state index >= 15 is 0 Å². The standard InChI is InChI=1S/C15H27N3S/c1-6-7-16-14-8-13(12(4)5)17-15(18-14)10-19-9-11(2)3/h8,11-12H,6-7,9-10H2,1-5H3,(H,16,17,18). The molecule has 19 heavy (non-hydrogen) atoms. The molecule has 1 rings (SSSR count). The van der Waals surface area contributed by atoms with E-state index in [4.69, 9.17) is 0 Å². The van der Waals surface area contributed by atoms with Crippen LogP contribution in [0, 0.1) is 5.92 Å². The molecule has 1 N–H and O–H groups in total. The van der Waals surface area contributed by atoms with Gasteiger partial charge in [0.05, 0.1) is 5.75 Å². The van der Waals surface area contributed by atoms with Gasteiger partial charge in [0.15, 0.2) is 0 Å². The van der Waals surface area contributed by atoms with Crippen molar-refractivity contribution < 1.29 is 0 Å². The lowest BCUT2D eigenvalue weighted by molar-refractivity contribution is 0.749. The van der Waals surface area contributed by atoms with Crippen molar-refractivity contribution in [3.8, 4) is 0 Å². The number of thioether (sulfide) groups is 1. The molecule has 1 aromatic rings. The van der Waals surface area contributed by atoms with Gasteiger partial charge < -0.3 is 5.32 Å². The van der Waals surface area contributed by atoms with Crippen LogP contribution in [0.2, 0.25) is 0 Å². The average Bonchev–Trinajstić information content (AvgIpc) is 2.35. The second-order valence-corrected chi connectivity index (χ2v) is 6.61. The van der Waals surface area contributed by atoms with Gasteiger partial charge in [-0.2, -0.15) is 11.8 Å². The molecule has 4 heteroatoms. The first-order valence-corrected chi connectivity index (χ1v) is 8.37. The monoisotopic (exact) mass is 281 g/mol. The van der Waals surface area contributed by atoms with Crippen molar-refractivity contribution in [1.82, 2.24) is 9.97 Å². The Morgan fingerprint density at radius 1 is 1.21 bits per heavy atom. The number of nitrogens with one attached hydrogen (secondary N) is 1. The largest absolute Gasteiger partial charge is 0.370 e. The third-order valence-corrected chi connectivity index (χ3v) is 3.99. The topological polar surface area (TPSA) is 37.8 Å². The van der Waals surface area contributed by atoms with E-state index in [9.17, 15) is 0 Å². The normalized spacial score (nSPS) is 11.3. The number of anilines is 1. The Morgan fingerprint density at radius 2 is 1.95 bits per heavy atom. The highest BCUT2D eigenvalue weighted by Crippen LogP contribution is 2.19. The van der Waals surface area contributed by atoms with Crippen LogP contribution in [0.3, 0.4) is 0 Å². The van der Waals surface area contributed by atoms with Crippen molar-refractivity contribution in [1.29, 1.82) is 0 Å². The zero-order chi connectivity index (χ0) is 14.3. The molecular weight excluding hydrogens is 254 g/mol. The molecule has 0 aliphatic heterocycles. The van der Waals surface area contributed by atoms with Crippen molar-refractivity contribution in [2.24, 2.45) is 5.92 Å². The third-order valence-electron chi connectivity index (χ3n) is 2.62. The fourth-order valence-electron chi connectivity index (χ4n) is 1.61. The van der Waals surface area contributed by atoms with Crippen LogP contribution in [-0.2, 0) is 5.75 Å². The van der Waals surface area contributed by atoms with Gasteiger partial charge in [0.2, 0.25) is 0 Å². The molecular formula is C15H27N3S. The second-order valence-electron chi connectivity index (χ2n) is 5.58. The lowest BCUT2D eigenvalue weighted by Gasteiger charge is -2.11. The highest BCUT2D eigenvalue weighted by Gasteiger charge is 2.08. The average molecular weight is 281 g/mol. The van der Waals surface area contributed by atoms with Gasteiger partial charge >= 0.3 is 0 Å². The zero-order valence-electron chi connectivity index (χ0n) is 12.9. The first-order valence-electron chi connectivity index (χ1n) is 7.22. The van der Waals surface area contributed by atoms with Crippen LogP contribution in [0.15, 0.2) is 6.07 Å². The van der Waals surface area contributed by atoms with Gasteiger partial charge in [0.25, 0.3) is 0 Å². The zero-order valence-corrected chi connectivity index (χ0v) is 13.7. The summed E-state index contributed by atoms with van der Waals surface area (Å²) in [6.07, 6.45) is 1.11. The van der Waals surface area contributed by atoms with Gasteiger partial charge in [0, 0.05) is 18.3 Å². The molecule has 0 saturated heterocycles. The Balaban J connectivity index is 2.74. The molecule has 0 atom stereocenters. The van der Waals surface area contributed by atoms with Crippen molar-refractivity contribution in [2.75, 3.05) is 17.6 Å². The summed E-state index contributed by atoms with van der Waals surface area (Å²) < 4.78 is 0. The van der Waals surface area contributed by atoms with E-state index in [0.29, 0.717) is 5.92 Å². The van der Waals surface area contributed by atoms with Crippen LogP contribution in [0.1, 0.15) is 58.5 Å². The second kappa shape index (κ2) is 8.41. The van der Waals surface area contributed by atoms with Crippen LogP contribution >= 0.6 is 11.8 Å². The minimum absolute atomic E-state index is 0.444. The van der Waals surface area contributed by atoms with Crippen molar-refractivity contribution in [2.45, 2.75) is 52.7 Å². The van der Waals surface area contributed by atoms with Gasteiger partial charge in [-0.15, -0.1) is 0 Å². The molecule has 0 aliphatic carbocycles. The fourth-order valence-corrected chi connectivity index (χ4v) is 2.51. The van der Waals surface area contributed by atoms with Gasteiger partial charge in [-0.1, -0.05) is 34.6 Å². The Kier molecular flexibility index (Phi) is 7.21. The molecule has 108 valence electrons. The lowest BCUT2D eigenvalue weighted by Crippen LogP contribution is -2.08. The summed E-state index contributed by atoms with van der Waals surface area (Å²) in [5.41, 5.74) is 1.13. The molecule has 0 bridgehead atoms. The Morgan fingerprint density at radius 3 is 2.53 bits per heavy atom. The van der Waals surface area contributed by atoms with Gasteiger partial charge in [-0.25, -0.2) is 9.97 Å². The predicted molar refractivity (Wildman–Crippen MR) is 85.9 cm³/mol. The summed E-state index contributed by atoms with van der Waals surface area (Å²) in [6.45, 7) is 12.0. The number of aromatic nitrogens is 2. The summed E-state index contributed by atoms with van der Waals surface area (Å²) in [5, 5.41) is 3.37. The van der Waals surface area contributed by atoms with E-state index in [0.717, 1.165) is 47.7 Å². The molecule has 0 radical (unpaired) electrons. The smallest absolute Gasteiger partial charge is 0.140 e. The quantitative estimate of drug-likeness (QED) is 0.770. The third kappa shape index (κ3) is 6.28. The van der Waals surface area contributed by atoms with E-state index in [1.54, 1.807) is 0 Å². The number of hydrogen-bond acceptors (Lipinski definition) is 4. The molecule has 0 aromatic carbocycles. The van der Waals surface area contributed by atoms with Gasteiger partial charge in [-0.05, 0) is 24.0 Å². The highest BCUT2D eigenvalue weighted by atomic mass is 32.2. The first-order chi connectivity index (χ1) is 9.02. The summed E-state index contributed by atoms with van der Waals surface area (Å²) >= 11 is 1.91. The van der Waals surface area contributed by atoms with Crippen LogP contribution in [0.5, 0.6) is 0 Å². The van der Waals surface area contributed by atoms with Gasteiger partial charge in [-0.3, -0.25) is 0 Å². The summed E-state index contributed by atoms with van der Waals surface area (Å²) in [7, 11) is 0.